The van der Waals surface area contributed by atoms with Crippen molar-refractivity contribution in [2.45, 2.75) is 19.0 Å². The van der Waals surface area contributed by atoms with Crippen molar-refractivity contribution in [1.82, 2.24) is 4.90 Å². The molecule has 0 amide bonds. The molecular formula is C14H19NO3. The van der Waals surface area contributed by atoms with Gasteiger partial charge < -0.3 is 9.84 Å². The number of carboxylic acid groups (broad SMARTS) is 1. The second kappa shape index (κ2) is 5.50. The number of hydrogen-bond acceptors (Lipinski definition) is 3. The summed E-state index contributed by atoms with van der Waals surface area (Å²) < 4.78 is 5.32. The summed E-state index contributed by atoms with van der Waals surface area (Å²) in [5, 5.41) is 9.18. The largest absolute Gasteiger partial charge is 0.481 e. The van der Waals surface area contributed by atoms with E-state index in [1.54, 1.807) is 0 Å². The van der Waals surface area contributed by atoms with Crippen LogP contribution in [-0.4, -0.2) is 42.3 Å². The Kier molecular flexibility index (Phi) is 3.99. The molecule has 0 bridgehead atoms. The zero-order valence-electron chi connectivity index (χ0n) is 10.7. The number of rotatable bonds is 4. The van der Waals surface area contributed by atoms with Crippen molar-refractivity contribution in [3.63, 3.8) is 0 Å². The Morgan fingerprint density at radius 2 is 2.06 bits per heavy atom. The van der Waals surface area contributed by atoms with Gasteiger partial charge in [0.15, 0.2) is 0 Å². The van der Waals surface area contributed by atoms with E-state index in [4.69, 9.17) is 4.74 Å². The first kappa shape index (κ1) is 13.1. The molecule has 4 nitrogen and oxygen atoms in total. The maximum atomic E-state index is 11.2. The molecule has 1 saturated heterocycles. The SMILES string of the molecule is CC(c1ccccc1)N(C)C1COCC1C(=O)O. The quantitative estimate of drug-likeness (QED) is 0.883. The summed E-state index contributed by atoms with van der Waals surface area (Å²) in [6.07, 6.45) is 0. The molecule has 1 N–H and O–H groups in total. The first-order valence-electron chi connectivity index (χ1n) is 6.18. The van der Waals surface area contributed by atoms with Crippen molar-refractivity contribution >= 4 is 5.97 Å². The van der Waals surface area contributed by atoms with Crippen LogP contribution < -0.4 is 0 Å². The Morgan fingerprint density at radius 3 is 2.67 bits per heavy atom. The molecule has 1 aromatic rings. The third-order valence-corrected chi connectivity index (χ3v) is 3.78. The van der Waals surface area contributed by atoms with Gasteiger partial charge in [-0.05, 0) is 19.5 Å². The minimum absolute atomic E-state index is 0.0577. The smallest absolute Gasteiger partial charge is 0.310 e. The predicted molar refractivity (Wildman–Crippen MR) is 68.4 cm³/mol. The van der Waals surface area contributed by atoms with Gasteiger partial charge in [-0.3, -0.25) is 9.69 Å². The highest BCUT2D eigenvalue weighted by molar-refractivity contribution is 5.71. The fraction of sp³-hybridized carbons (Fsp3) is 0.500. The molecule has 18 heavy (non-hydrogen) atoms. The highest BCUT2D eigenvalue weighted by atomic mass is 16.5. The zero-order chi connectivity index (χ0) is 13.1. The monoisotopic (exact) mass is 249 g/mol. The highest BCUT2D eigenvalue weighted by Crippen LogP contribution is 2.27. The maximum absolute atomic E-state index is 11.2. The van der Waals surface area contributed by atoms with Crippen molar-refractivity contribution in [3.8, 4) is 0 Å². The van der Waals surface area contributed by atoms with Gasteiger partial charge in [-0.25, -0.2) is 0 Å². The van der Waals surface area contributed by atoms with Crippen LogP contribution in [0.5, 0.6) is 0 Å². The summed E-state index contributed by atoms with van der Waals surface area (Å²) in [5.74, 6) is -1.20. The third-order valence-electron chi connectivity index (χ3n) is 3.78. The lowest BCUT2D eigenvalue weighted by atomic mass is 9.99. The third kappa shape index (κ3) is 2.54. The van der Waals surface area contributed by atoms with Gasteiger partial charge in [-0.15, -0.1) is 0 Å². The van der Waals surface area contributed by atoms with Crippen molar-refractivity contribution in [2.75, 3.05) is 20.3 Å². The van der Waals surface area contributed by atoms with Gasteiger partial charge in [0.25, 0.3) is 0 Å². The van der Waals surface area contributed by atoms with E-state index in [0.29, 0.717) is 13.2 Å². The molecule has 0 aromatic heterocycles. The molecule has 4 heteroatoms. The summed E-state index contributed by atoms with van der Waals surface area (Å²) in [4.78, 5) is 13.3. The lowest BCUT2D eigenvalue weighted by Gasteiger charge is -2.32. The normalized spacial score (nSPS) is 25.3. The number of aliphatic carboxylic acids is 1. The molecule has 1 heterocycles. The van der Waals surface area contributed by atoms with Crippen LogP contribution in [0.25, 0.3) is 0 Å². The highest BCUT2D eigenvalue weighted by Gasteiger charge is 2.38. The van der Waals surface area contributed by atoms with Crippen LogP contribution >= 0.6 is 0 Å². The molecule has 1 aromatic carbocycles. The minimum Gasteiger partial charge on any atom is -0.481 e. The molecule has 1 fully saturated rings. The number of carbonyl (C=O) groups is 1. The summed E-state index contributed by atoms with van der Waals surface area (Å²) in [6.45, 7) is 2.89. The number of ether oxygens (including phenoxy) is 1. The van der Waals surface area contributed by atoms with Crippen LogP contribution in [0.2, 0.25) is 0 Å². The van der Waals surface area contributed by atoms with E-state index in [-0.39, 0.29) is 12.1 Å². The van der Waals surface area contributed by atoms with E-state index < -0.39 is 11.9 Å². The molecule has 1 aliphatic rings. The van der Waals surface area contributed by atoms with E-state index in [2.05, 4.69) is 24.0 Å². The lowest BCUT2D eigenvalue weighted by Crippen LogP contribution is -2.42. The summed E-state index contributed by atoms with van der Waals surface area (Å²) in [5.41, 5.74) is 1.19. The number of hydrogen-bond donors (Lipinski definition) is 1. The Balaban J connectivity index is 2.11. The van der Waals surface area contributed by atoms with E-state index in [0.717, 1.165) is 0 Å². The van der Waals surface area contributed by atoms with Crippen molar-refractivity contribution in [2.24, 2.45) is 5.92 Å². The molecule has 0 aliphatic carbocycles. The van der Waals surface area contributed by atoms with E-state index in [1.807, 2.05) is 25.2 Å². The van der Waals surface area contributed by atoms with Gasteiger partial charge in [-0.1, -0.05) is 30.3 Å². The first-order valence-corrected chi connectivity index (χ1v) is 6.18. The van der Waals surface area contributed by atoms with E-state index >= 15 is 0 Å². The number of nitrogens with zero attached hydrogens (tertiary/aromatic N) is 1. The van der Waals surface area contributed by atoms with Gasteiger partial charge in [-0.2, -0.15) is 0 Å². The maximum Gasteiger partial charge on any atom is 0.310 e. The molecule has 0 radical (unpaired) electrons. The minimum atomic E-state index is -0.774. The average molecular weight is 249 g/mol. The molecular weight excluding hydrogens is 230 g/mol. The van der Waals surface area contributed by atoms with Crippen LogP contribution in [0.4, 0.5) is 0 Å². The molecule has 3 unspecified atom stereocenters. The summed E-state index contributed by atoms with van der Waals surface area (Å²) in [7, 11) is 1.97. The Hall–Kier alpha value is -1.39. The van der Waals surface area contributed by atoms with Crippen LogP contribution in [0, 0.1) is 5.92 Å². The topological polar surface area (TPSA) is 49.8 Å². The average Bonchev–Trinajstić information content (AvgIpc) is 2.87. The van der Waals surface area contributed by atoms with Crippen LogP contribution in [0.15, 0.2) is 30.3 Å². The molecule has 2 rings (SSSR count). The molecule has 0 saturated carbocycles. The Bertz CT molecular complexity index is 407. The summed E-state index contributed by atoms with van der Waals surface area (Å²) in [6, 6.07) is 10.2. The molecule has 0 spiro atoms. The van der Waals surface area contributed by atoms with Gasteiger partial charge in [0.2, 0.25) is 0 Å². The molecule has 98 valence electrons. The fourth-order valence-electron chi connectivity index (χ4n) is 2.43. The lowest BCUT2D eigenvalue weighted by molar-refractivity contribution is -0.143. The van der Waals surface area contributed by atoms with Crippen LogP contribution in [0.1, 0.15) is 18.5 Å². The van der Waals surface area contributed by atoms with Gasteiger partial charge in [0.1, 0.15) is 0 Å². The second-order valence-electron chi connectivity index (χ2n) is 4.80. The van der Waals surface area contributed by atoms with Gasteiger partial charge in [0, 0.05) is 12.1 Å². The van der Waals surface area contributed by atoms with Gasteiger partial charge >= 0.3 is 5.97 Å². The van der Waals surface area contributed by atoms with Crippen molar-refractivity contribution in [1.29, 1.82) is 0 Å². The number of benzene rings is 1. The fourth-order valence-corrected chi connectivity index (χ4v) is 2.43. The second-order valence-corrected chi connectivity index (χ2v) is 4.80. The molecule has 1 aliphatic heterocycles. The predicted octanol–water partition coefficient (Wildman–Crippen LogP) is 1.78. The summed E-state index contributed by atoms with van der Waals surface area (Å²) >= 11 is 0. The first-order chi connectivity index (χ1) is 8.61. The number of likely N-dealkylation sites (N-methyl/N-ethyl adjacent to an activating group) is 1. The Labute approximate surface area is 107 Å². The van der Waals surface area contributed by atoms with Crippen molar-refractivity contribution in [3.05, 3.63) is 35.9 Å². The number of carboxylic acids is 1. The van der Waals surface area contributed by atoms with E-state index in [9.17, 15) is 9.90 Å². The van der Waals surface area contributed by atoms with Crippen LogP contribution in [-0.2, 0) is 9.53 Å². The van der Waals surface area contributed by atoms with Gasteiger partial charge in [0.05, 0.1) is 19.1 Å². The standard InChI is InChI=1S/C14H19NO3/c1-10(11-6-4-3-5-7-11)15(2)13-9-18-8-12(13)14(16)17/h3-7,10,12-13H,8-9H2,1-2H3,(H,16,17). The molecule has 3 atom stereocenters. The van der Waals surface area contributed by atoms with E-state index in [1.165, 1.54) is 5.56 Å². The van der Waals surface area contributed by atoms with Crippen LogP contribution in [0.3, 0.4) is 0 Å². The van der Waals surface area contributed by atoms with Crippen molar-refractivity contribution < 1.29 is 14.6 Å². The Morgan fingerprint density at radius 1 is 1.39 bits per heavy atom. The zero-order valence-corrected chi connectivity index (χ0v) is 10.7.